The maximum Gasteiger partial charge on any atom is 1.00 e. The molecule has 5 rings (SSSR count). The smallest absolute Gasteiger partial charge is 0.768 e. The van der Waals surface area contributed by atoms with Crippen molar-refractivity contribution in [3.8, 4) is 23.0 Å². The van der Waals surface area contributed by atoms with Gasteiger partial charge in [0, 0.05) is 28.0 Å². The average Bonchev–Trinajstić information content (AvgIpc) is 2.97. The second-order valence-corrected chi connectivity index (χ2v) is 10.8. The van der Waals surface area contributed by atoms with E-state index in [9.17, 15) is 23.8 Å². The second kappa shape index (κ2) is 14.2. The van der Waals surface area contributed by atoms with Crippen molar-refractivity contribution in [1.29, 1.82) is 0 Å². The van der Waals surface area contributed by atoms with Crippen LogP contribution in [-0.2, 0) is 15.9 Å². The monoisotopic (exact) mass is 621 g/mol. The third-order valence-electron chi connectivity index (χ3n) is 6.73. The Bertz CT molecular complexity index is 1910. The summed E-state index contributed by atoms with van der Waals surface area (Å²) in [4.78, 5) is 11.7. The molecule has 0 aliphatic heterocycles. The van der Waals surface area contributed by atoms with Crippen molar-refractivity contribution < 1.29 is 62.8 Å². The third kappa shape index (κ3) is 7.20. The Balaban J connectivity index is 0.00000442. The van der Waals surface area contributed by atoms with Gasteiger partial charge >= 0.3 is 29.6 Å². The van der Waals surface area contributed by atoms with Crippen molar-refractivity contribution >= 4 is 55.6 Å². The van der Waals surface area contributed by atoms with Crippen LogP contribution in [0.2, 0.25) is 0 Å². The number of nitrogens with zero attached hydrogens (tertiary/aromatic N) is 2. The number of phenolic OH excluding ortho intramolecular Hbond substituents is 2. The van der Waals surface area contributed by atoms with Gasteiger partial charge in [-0.3, -0.25) is 9.00 Å². The number of hydrogen-bond acceptors (Lipinski definition) is 9. The number of nitrogens with one attached hydrogen (secondary N) is 1. The molecule has 0 aliphatic rings. The predicted octanol–water partition coefficient (Wildman–Crippen LogP) is 4.09. The Morgan fingerprint density at radius 2 is 1.57 bits per heavy atom. The van der Waals surface area contributed by atoms with E-state index in [0.29, 0.717) is 34.7 Å². The average molecular weight is 622 g/mol. The Hall–Kier alpha value is -4.00. The van der Waals surface area contributed by atoms with Gasteiger partial charge in [0.25, 0.3) is 0 Å². The number of phenols is 2. The molecule has 0 fully saturated rings. The molecule has 0 spiro atoms. The molecule has 220 valence electrons. The van der Waals surface area contributed by atoms with Crippen LogP contribution in [0.4, 0.5) is 17.1 Å². The van der Waals surface area contributed by atoms with Crippen molar-refractivity contribution in [3.05, 3.63) is 83.9 Å². The van der Waals surface area contributed by atoms with Crippen LogP contribution in [0.25, 0.3) is 21.5 Å². The molecule has 5 aromatic carbocycles. The summed E-state index contributed by atoms with van der Waals surface area (Å²) in [6, 6.07) is 20.6. The summed E-state index contributed by atoms with van der Waals surface area (Å²) in [5, 5.41) is 34.7. The zero-order valence-electron chi connectivity index (χ0n) is 24.6. The molecule has 5 aromatic rings. The third-order valence-corrected chi connectivity index (χ3v) is 7.35. The summed E-state index contributed by atoms with van der Waals surface area (Å²) in [6.07, 6.45) is 0. The number of rotatable bonds is 9. The van der Waals surface area contributed by atoms with Crippen molar-refractivity contribution in [2.75, 3.05) is 18.5 Å². The van der Waals surface area contributed by atoms with E-state index in [0.717, 1.165) is 16.3 Å². The number of ether oxygens (including phenoxy) is 2. The van der Waals surface area contributed by atoms with Crippen LogP contribution in [0.5, 0.6) is 23.0 Å². The standard InChI is InChI=1S/C32H29N3O7S.Na/c1-18-14-21-16-24(43(39)40)17-27(33-20(3)36)29(21)32(38)30(18)35-34-22-8-10-23(11-9-22)41-12-13-42-28-15-19(2)31(37)26-7-5-4-6-25(26)28;/h4-11,14-17,37-38H,12-13H2,1-3H3,(H,33,36)(H,39,40);/q;+1/p-1. The first-order chi connectivity index (χ1) is 20.6. The summed E-state index contributed by atoms with van der Waals surface area (Å²) in [7, 11) is 0. The van der Waals surface area contributed by atoms with Crippen LogP contribution < -0.4 is 44.3 Å². The molecule has 1 unspecified atom stereocenters. The molecule has 0 aliphatic carbocycles. The van der Waals surface area contributed by atoms with E-state index in [1.54, 1.807) is 43.3 Å². The van der Waals surface area contributed by atoms with Gasteiger partial charge in [-0.15, -0.1) is 5.11 Å². The van der Waals surface area contributed by atoms with Gasteiger partial charge in [-0.25, -0.2) is 0 Å². The summed E-state index contributed by atoms with van der Waals surface area (Å²) in [5.41, 5.74) is 2.13. The summed E-state index contributed by atoms with van der Waals surface area (Å²) < 4.78 is 34.9. The Kier molecular flexibility index (Phi) is 10.6. The van der Waals surface area contributed by atoms with E-state index < -0.39 is 17.0 Å². The number of benzene rings is 5. The Morgan fingerprint density at radius 1 is 0.886 bits per heavy atom. The minimum Gasteiger partial charge on any atom is -0.768 e. The minimum absolute atomic E-state index is 0. The van der Waals surface area contributed by atoms with Gasteiger partial charge in [-0.05, 0) is 90.0 Å². The fourth-order valence-electron chi connectivity index (χ4n) is 4.74. The maximum atomic E-state index is 11.7. The fourth-order valence-corrected chi connectivity index (χ4v) is 5.18. The Labute approximate surface area is 278 Å². The van der Waals surface area contributed by atoms with Crippen molar-refractivity contribution in [3.63, 3.8) is 0 Å². The number of fused-ring (bicyclic) bond motifs is 2. The van der Waals surface area contributed by atoms with Gasteiger partial charge in [-0.2, -0.15) is 5.11 Å². The summed E-state index contributed by atoms with van der Waals surface area (Å²) >= 11 is -2.53. The second-order valence-electron chi connectivity index (χ2n) is 9.85. The van der Waals surface area contributed by atoms with Gasteiger partial charge in [0.15, 0.2) is 5.75 Å². The van der Waals surface area contributed by atoms with E-state index in [1.807, 2.05) is 31.2 Å². The molecule has 0 radical (unpaired) electrons. The normalized spacial score (nSPS) is 11.8. The first-order valence-electron chi connectivity index (χ1n) is 13.3. The topological polar surface area (TPSA) is 153 Å². The van der Waals surface area contributed by atoms with Crippen LogP contribution in [0.15, 0.2) is 87.9 Å². The zero-order valence-corrected chi connectivity index (χ0v) is 27.4. The zero-order chi connectivity index (χ0) is 30.7. The largest absolute Gasteiger partial charge is 1.00 e. The first-order valence-corrected chi connectivity index (χ1v) is 14.4. The van der Waals surface area contributed by atoms with E-state index in [2.05, 4.69) is 15.5 Å². The number of aromatic hydroxyl groups is 2. The van der Waals surface area contributed by atoms with Crippen LogP contribution in [0, 0.1) is 13.8 Å². The van der Waals surface area contributed by atoms with Crippen molar-refractivity contribution in [1.82, 2.24) is 0 Å². The number of aryl methyl sites for hydroxylation is 2. The SMILES string of the molecule is CC(=O)Nc1cc(S(=O)[O-])cc2cc(C)c(N=Nc3ccc(OCCOc4cc(C)c(O)c5ccccc45)cc3)c(O)c12.[Na+]. The van der Waals surface area contributed by atoms with Gasteiger partial charge in [0.1, 0.15) is 36.1 Å². The maximum absolute atomic E-state index is 11.7. The van der Waals surface area contributed by atoms with Gasteiger partial charge < -0.3 is 29.6 Å². The molecule has 0 bridgehead atoms. The fraction of sp³-hybridized carbons (Fsp3) is 0.156. The summed E-state index contributed by atoms with van der Waals surface area (Å²) in [6.45, 7) is 5.41. The van der Waals surface area contributed by atoms with E-state index >= 15 is 0 Å². The Morgan fingerprint density at radius 3 is 2.25 bits per heavy atom. The van der Waals surface area contributed by atoms with Gasteiger partial charge in [0.05, 0.1) is 11.4 Å². The number of amides is 1. The molecule has 0 saturated carbocycles. The quantitative estimate of drug-likeness (QED) is 0.0970. The molecular formula is C32H28N3NaO7S. The number of carbonyl (C=O) groups is 1. The number of anilines is 1. The van der Waals surface area contributed by atoms with Crippen LogP contribution in [0.3, 0.4) is 0 Å². The number of carbonyl (C=O) groups excluding carboxylic acids is 1. The van der Waals surface area contributed by atoms with Gasteiger partial charge in [0.2, 0.25) is 5.91 Å². The molecule has 0 aromatic heterocycles. The molecular weight excluding hydrogens is 593 g/mol. The van der Waals surface area contributed by atoms with E-state index in [4.69, 9.17) is 9.47 Å². The number of azo groups is 1. The van der Waals surface area contributed by atoms with E-state index in [-0.39, 0.29) is 69.3 Å². The molecule has 0 saturated heterocycles. The van der Waals surface area contributed by atoms with Crippen molar-refractivity contribution in [2.45, 2.75) is 25.7 Å². The molecule has 12 heteroatoms. The van der Waals surface area contributed by atoms with Gasteiger partial charge in [-0.1, -0.05) is 24.3 Å². The summed E-state index contributed by atoms with van der Waals surface area (Å²) in [5.74, 6) is 0.858. The van der Waals surface area contributed by atoms with Crippen LogP contribution in [-0.4, -0.2) is 38.1 Å². The van der Waals surface area contributed by atoms with Crippen LogP contribution in [0.1, 0.15) is 18.1 Å². The first kappa shape index (κ1) is 32.9. The number of hydrogen-bond donors (Lipinski definition) is 3. The molecule has 1 amide bonds. The predicted molar refractivity (Wildman–Crippen MR) is 164 cm³/mol. The van der Waals surface area contributed by atoms with E-state index in [1.165, 1.54) is 19.1 Å². The molecule has 10 nitrogen and oxygen atoms in total. The molecule has 0 heterocycles. The van der Waals surface area contributed by atoms with Crippen molar-refractivity contribution in [2.24, 2.45) is 10.2 Å². The van der Waals surface area contributed by atoms with Crippen LogP contribution >= 0.6 is 0 Å². The minimum atomic E-state index is -2.53. The molecule has 3 N–H and O–H groups in total. The molecule has 44 heavy (non-hydrogen) atoms. The molecule has 1 atom stereocenters.